The molecular weight excluding hydrogens is 390 g/mol. The van der Waals surface area contributed by atoms with Crippen molar-refractivity contribution in [1.82, 2.24) is 20.0 Å². The highest BCUT2D eigenvalue weighted by molar-refractivity contribution is 6.32. The third-order valence-corrected chi connectivity index (χ3v) is 4.66. The molecular formula is C21H18ClN5O2. The number of nitrogens with zero attached hydrogens (tertiary/aromatic N) is 4. The van der Waals surface area contributed by atoms with Crippen LogP contribution in [-0.2, 0) is 6.42 Å². The third-order valence-electron chi connectivity index (χ3n) is 4.34. The van der Waals surface area contributed by atoms with Gasteiger partial charge in [0.2, 0.25) is 11.8 Å². The first-order chi connectivity index (χ1) is 14.0. The van der Waals surface area contributed by atoms with E-state index in [1.54, 1.807) is 28.9 Å². The number of carbonyl (C=O) groups excluding carboxylic acids is 1. The zero-order valence-electron chi connectivity index (χ0n) is 15.9. The zero-order chi connectivity index (χ0) is 20.4. The molecule has 0 saturated carbocycles. The molecule has 0 bridgehead atoms. The number of hydrogen-bond donors (Lipinski definition) is 1. The monoisotopic (exact) mass is 407 g/mol. The standard InChI is InChI=1S/C21H18ClN5O2/c1-3-19-24-25-21(29-19)14-7-6-8-15(12-14)23-20(28)17-11-13(2)27(26-17)18-10-5-4-9-16(18)22/h4-12H,3H2,1-2H3,(H,23,28). The smallest absolute Gasteiger partial charge is 0.276 e. The van der Waals surface area contributed by atoms with Crippen molar-refractivity contribution in [3.8, 4) is 17.1 Å². The molecule has 1 amide bonds. The van der Waals surface area contributed by atoms with E-state index in [2.05, 4.69) is 20.6 Å². The number of carbonyl (C=O) groups is 1. The highest BCUT2D eigenvalue weighted by Crippen LogP contribution is 2.23. The SMILES string of the molecule is CCc1nnc(-c2cccc(NC(=O)c3cc(C)n(-c4ccccc4Cl)n3)c2)o1. The number of para-hydroxylation sites is 1. The summed E-state index contributed by atoms with van der Waals surface area (Å²) in [6.45, 7) is 3.81. The molecule has 0 radical (unpaired) electrons. The number of rotatable bonds is 5. The summed E-state index contributed by atoms with van der Waals surface area (Å²) in [6, 6.07) is 16.3. The van der Waals surface area contributed by atoms with Gasteiger partial charge in [0.15, 0.2) is 5.69 Å². The lowest BCUT2D eigenvalue weighted by Gasteiger charge is -2.06. The van der Waals surface area contributed by atoms with Crippen LogP contribution in [0.25, 0.3) is 17.1 Å². The van der Waals surface area contributed by atoms with Crippen LogP contribution in [0.4, 0.5) is 5.69 Å². The molecule has 146 valence electrons. The van der Waals surface area contributed by atoms with Crippen LogP contribution in [0.3, 0.4) is 0 Å². The maximum atomic E-state index is 12.7. The number of hydrogen-bond acceptors (Lipinski definition) is 5. The van der Waals surface area contributed by atoms with E-state index < -0.39 is 0 Å². The van der Waals surface area contributed by atoms with Gasteiger partial charge in [-0.3, -0.25) is 4.79 Å². The highest BCUT2D eigenvalue weighted by Gasteiger charge is 2.16. The minimum absolute atomic E-state index is 0.291. The van der Waals surface area contributed by atoms with E-state index in [0.717, 1.165) is 16.9 Å². The van der Waals surface area contributed by atoms with Crippen molar-refractivity contribution < 1.29 is 9.21 Å². The molecule has 0 spiro atoms. The first kappa shape index (κ1) is 18.9. The molecule has 8 heteroatoms. The van der Waals surface area contributed by atoms with Gasteiger partial charge in [-0.2, -0.15) is 5.10 Å². The van der Waals surface area contributed by atoms with Gasteiger partial charge >= 0.3 is 0 Å². The van der Waals surface area contributed by atoms with Crippen molar-refractivity contribution in [2.75, 3.05) is 5.32 Å². The molecule has 0 unspecified atom stereocenters. The van der Waals surface area contributed by atoms with E-state index in [4.69, 9.17) is 16.0 Å². The number of aryl methyl sites for hydroxylation is 2. The van der Waals surface area contributed by atoms with E-state index in [1.165, 1.54) is 0 Å². The van der Waals surface area contributed by atoms with Crippen LogP contribution >= 0.6 is 11.6 Å². The van der Waals surface area contributed by atoms with Crippen LogP contribution in [-0.4, -0.2) is 25.9 Å². The number of amides is 1. The Morgan fingerprint density at radius 3 is 2.72 bits per heavy atom. The van der Waals surface area contributed by atoms with Gasteiger partial charge in [-0.25, -0.2) is 4.68 Å². The topological polar surface area (TPSA) is 85.8 Å². The quantitative estimate of drug-likeness (QED) is 0.518. The highest BCUT2D eigenvalue weighted by atomic mass is 35.5. The lowest BCUT2D eigenvalue weighted by Crippen LogP contribution is -2.13. The summed E-state index contributed by atoms with van der Waals surface area (Å²) in [4.78, 5) is 12.7. The number of halogens is 1. The van der Waals surface area contributed by atoms with Crippen molar-refractivity contribution in [1.29, 1.82) is 0 Å². The van der Waals surface area contributed by atoms with Gasteiger partial charge in [0.1, 0.15) is 0 Å². The third kappa shape index (κ3) is 3.90. The van der Waals surface area contributed by atoms with E-state index in [9.17, 15) is 4.79 Å². The van der Waals surface area contributed by atoms with Crippen LogP contribution in [0.2, 0.25) is 5.02 Å². The molecule has 29 heavy (non-hydrogen) atoms. The molecule has 7 nitrogen and oxygen atoms in total. The molecule has 0 saturated heterocycles. The first-order valence-corrected chi connectivity index (χ1v) is 9.48. The summed E-state index contributed by atoms with van der Waals surface area (Å²) < 4.78 is 7.23. The fourth-order valence-electron chi connectivity index (χ4n) is 2.89. The zero-order valence-corrected chi connectivity index (χ0v) is 16.6. The average molecular weight is 408 g/mol. The van der Waals surface area contributed by atoms with Crippen molar-refractivity contribution in [2.45, 2.75) is 20.3 Å². The molecule has 0 fully saturated rings. The molecule has 4 rings (SSSR count). The lowest BCUT2D eigenvalue weighted by atomic mass is 10.2. The summed E-state index contributed by atoms with van der Waals surface area (Å²) in [6.07, 6.45) is 0.664. The Hall–Kier alpha value is -3.45. The van der Waals surface area contributed by atoms with Crippen molar-refractivity contribution in [3.05, 3.63) is 76.9 Å². The van der Waals surface area contributed by atoms with Gasteiger partial charge in [-0.1, -0.05) is 36.7 Å². The van der Waals surface area contributed by atoms with Crippen LogP contribution in [0.15, 0.2) is 59.0 Å². The van der Waals surface area contributed by atoms with E-state index in [0.29, 0.717) is 34.6 Å². The van der Waals surface area contributed by atoms with Gasteiger partial charge in [0.25, 0.3) is 5.91 Å². The summed E-state index contributed by atoms with van der Waals surface area (Å²) in [5, 5.41) is 15.8. The Morgan fingerprint density at radius 1 is 1.14 bits per heavy atom. The van der Waals surface area contributed by atoms with Crippen molar-refractivity contribution in [3.63, 3.8) is 0 Å². The number of nitrogens with one attached hydrogen (secondary N) is 1. The second-order valence-electron chi connectivity index (χ2n) is 6.42. The molecule has 4 aromatic rings. The van der Waals surface area contributed by atoms with Gasteiger partial charge < -0.3 is 9.73 Å². The number of anilines is 1. The number of benzene rings is 2. The molecule has 2 heterocycles. The summed E-state index contributed by atoms with van der Waals surface area (Å²) in [7, 11) is 0. The van der Waals surface area contributed by atoms with Gasteiger partial charge in [-0.05, 0) is 43.3 Å². The Balaban J connectivity index is 1.57. The largest absolute Gasteiger partial charge is 0.421 e. The minimum atomic E-state index is -0.323. The second-order valence-corrected chi connectivity index (χ2v) is 6.83. The maximum Gasteiger partial charge on any atom is 0.276 e. The van der Waals surface area contributed by atoms with Gasteiger partial charge in [0, 0.05) is 23.4 Å². The predicted octanol–water partition coefficient (Wildman–Crippen LogP) is 4.70. The Labute approximate surface area is 172 Å². The van der Waals surface area contributed by atoms with E-state index >= 15 is 0 Å². The Kier molecular flexibility index (Phi) is 5.14. The fraction of sp³-hybridized carbons (Fsp3) is 0.143. The van der Waals surface area contributed by atoms with Crippen molar-refractivity contribution in [2.24, 2.45) is 0 Å². The molecule has 0 aliphatic heterocycles. The summed E-state index contributed by atoms with van der Waals surface area (Å²) in [5.74, 6) is 0.655. The number of aromatic nitrogens is 4. The molecule has 0 aliphatic rings. The Morgan fingerprint density at radius 2 is 1.97 bits per heavy atom. The lowest BCUT2D eigenvalue weighted by molar-refractivity contribution is 0.102. The van der Waals surface area contributed by atoms with Gasteiger partial charge in [0.05, 0.1) is 10.7 Å². The summed E-state index contributed by atoms with van der Waals surface area (Å²) in [5.41, 5.74) is 3.14. The summed E-state index contributed by atoms with van der Waals surface area (Å²) >= 11 is 6.26. The van der Waals surface area contributed by atoms with E-state index in [1.807, 2.05) is 44.2 Å². The molecule has 2 aromatic heterocycles. The molecule has 0 atom stereocenters. The van der Waals surface area contributed by atoms with Crippen LogP contribution < -0.4 is 5.32 Å². The van der Waals surface area contributed by atoms with Crippen LogP contribution in [0.1, 0.15) is 29.0 Å². The second kappa shape index (κ2) is 7.89. The molecule has 2 aromatic carbocycles. The van der Waals surface area contributed by atoms with Crippen molar-refractivity contribution >= 4 is 23.2 Å². The molecule has 1 N–H and O–H groups in total. The molecule has 0 aliphatic carbocycles. The van der Waals surface area contributed by atoms with Crippen LogP contribution in [0.5, 0.6) is 0 Å². The predicted molar refractivity (Wildman–Crippen MR) is 110 cm³/mol. The minimum Gasteiger partial charge on any atom is -0.421 e. The van der Waals surface area contributed by atoms with E-state index in [-0.39, 0.29) is 5.91 Å². The normalized spacial score (nSPS) is 10.9. The fourth-order valence-corrected chi connectivity index (χ4v) is 3.11. The van der Waals surface area contributed by atoms with Gasteiger partial charge in [-0.15, -0.1) is 10.2 Å². The average Bonchev–Trinajstić information content (AvgIpc) is 3.35. The Bertz CT molecular complexity index is 1180. The maximum absolute atomic E-state index is 12.7. The first-order valence-electron chi connectivity index (χ1n) is 9.11. The van der Waals surface area contributed by atoms with Crippen LogP contribution in [0, 0.1) is 6.92 Å².